The van der Waals surface area contributed by atoms with E-state index in [1.54, 1.807) is 30.5 Å². The van der Waals surface area contributed by atoms with Crippen LogP contribution in [-0.2, 0) is 0 Å². The summed E-state index contributed by atoms with van der Waals surface area (Å²) in [6.07, 6.45) is 1.59. The summed E-state index contributed by atoms with van der Waals surface area (Å²) in [5, 5.41) is 10.00. The largest absolute Gasteiger partial charge is 0.243 e. The monoisotopic (exact) mass is 282 g/mol. The third-order valence-corrected chi connectivity index (χ3v) is 3.25. The van der Waals surface area contributed by atoms with Crippen LogP contribution in [0.1, 0.15) is 5.56 Å². The molecule has 0 saturated carbocycles. The minimum absolute atomic E-state index is 0.191. The first-order valence-electron chi connectivity index (χ1n) is 4.63. The van der Waals surface area contributed by atoms with Gasteiger partial charge in [0.2, 0.25) is 0 Å². The maximum absolute atomic E-state index is 8.87. The first-order chi connectivity index (χ1) is 8.11. The fourth-order valence-electron chi connectivity index (χ4n) is 1.36. The summed E-state index contributed by atoms with van der Waals surface area (Å²) in [4.78, 5) is 3.95. The zero-order valence-corrected chi connectivity index (χ0v) is 10.7. The summed E-state index contributed by atoms with van der Waals surface area (Å²) >= 11 is 17.5. The molecule has 84 valence electrons. The molecule has 2 rings (SSSR count). The number of aromatic nitrogens is 1. The first kappa shape index (κ1) is 12.2. The molecular formula is C12H5Cl3N2. The number of halogens is 3. The van der Waals surface area contributed by atoms with E-state index in [1.807, 2.05) is 6.07 Å². The van der Waals surface area contributed by atoms with E-state index in [2.05, 4.69) is 4.98 Å². The van der Waals surface area contributed by atoms with E-state index in [9.17, 15) is 0 Å². The number of pyridine rings is 1. The number of nitriles is 1. The summed E-state index contributed by atoms with van der Waals surface area (Å²) in [7, 11) is 0. The highest BCUT2D eigenvalue weighted by atomic mass is 35.5. The summed E-state index contributed by atoms with van der Waals surface area (Å²) in [6.45, 7) is 0. The van der Waals surface area contributed by atoms with Gasteiger partial charge in [0.25, 0.3) is 0 Å². The van der Waals surface area contributed by atoms with E-state index < -0.39 is 0 Å². The molecule has 0 bridgehead atoms. The lowest BCUT2D eigenvalue weighted by Crippen LogP contribution is -1.86. The lowest BCUT2D eigenvalue weighted by molar-refractivity contribution is 1.30. The molecule has 17 heavy (non-hydrogen) atoms. The molecule has 1 heterocycles. The topological polar surface area (TPSA) is 36.7 Å². The van der Waals surface area contributed by atoms with Crippen LogP contribution in [0.3, 0.4) is 0 Å². The number of hydrogen-bond acceptors (Lipinski definition) is 2. The first-order valence-corrected chi connectivity index (χ1v) is 5.76. The summed E-state index contributed by atoms with van der Waals surface area (Å²) in [6, 6.07) is 8.86. The zero-order chi connectivity index (χ0) is 12.4. The lowest BCUT2D eigenvalue weighted by atomic mass is 10.1. The minimum atomic E-state index is 0.191. The van der Waals surface area contributed by atoms with Gasteiger partial charge in [-0.15, -0.1) is 0 Å². The van der Waals surface area contributed by atoms with E-state index in [4.69, 9.17) is 40.1 Å². The number of hydrogen-bond donors (Lipinski definition) is 0. The Morgan fingerprint density at radius 1 is 1.00 bits per heavy atom. The quantitative estimate of drug-likeness (QED) is 0.718. The Morgan fingerprint density at radius 2 is 1.76 bits per heavy atom. The molecule has 0 N–H and O–H groups in total. The van der Waals surface area contributed by atoms with Gasteiger partial charge in [0.1, 0.15) is 11.2 Å². The summed E-state index contributed by atoms with van der Waals surface area (Å²) in [5.74, 6) is 0. The molecule has 1 aromatic carbocycles. The van der Waals surface area contributed by atoms with Crippen LogP contribution in [0.5, 0.6) is 0 Å². The van der Waals surface area contributed by atoms with Crippen molar-refractivity contribution < 1.29 is 0 Å². The molecule has 0 aliphatic carbocycles. The smallest absolute Gasteiger partial charge is 0.146 e. The predicted molar refractivity (Wildman–Crippen MR) is 69.4 cm³/mol. The Bertz CT molecular complexity index is 618. The minimum Gasteiger partial charge on any atom is -0.243 e. The molecule has 0 amide bonds. The van der Waals surface area contributed by atoms with Crippen molar-refractivity contribution in [2.45, 2.75) is 0 Å². The van der Waals surface area contributed by atoms with Crippen molar-refractivity contribution in [1.29, 1.82) is 5.26 Å². The molecule has 1 aromatic heterocycles. The Morgan fingerprint density at radius 3 is 2.41 bits per heavy atom. The second-order valence-electron chi connectivity index (χ2n) is 3.30. The van der Waals surface area contributed by atoms with Crippen molar-refractivity contribution in [1.82, 2.24) is 4.98 Å². The van der Waals surface area contributed by atoms with E-state index in [1.165, 1.54) is 0 Å². The number of rotatable bonds is 1. The third kappa shape index (κ3) is 2.53. The van der Waals surface area contributed by atoms with Gasteiger partial charge in [-0.2, -0.15) is 5.26 Å². The van der Waals surface area contributed by atoms with Crippen molar-refractivity contribution >= 4 is 34.8 Å². The van der Waals surface area contributed by atoms with Crippen molar-refractivity contribution in [3.63, 3.8) is 0 Å². The van der Waals surface area contributed by atoms with Gasteiger partial charge in [0, 0.05) is 11.8 Å². The standard InChI is InChI=1S/C12H5Cl3N2/c13-10-2-1-7(4-11(10)14)9-3-8(5-16)12(15)17-6-9/h1-4,6H. The number of nitrogens with zero attached hydrogens (tertiary/aromatic N) is 2. The highest BCUT2D eigenvalue weighted by Crippen LogP contribution is 2.29. The number of benzene rings is 1. The van der Waals surface area contributed by atoms with Gasteiger partial charge in [-0.3, -0.25) is 0 Å². The SMILES string of the molecule is N#Cc1cc(-c2ccc(Cl)c(Cl)c2)cnc1Cl. The Hall–Kier alpha value is -1.27. The maximum atomic E-state index is 8.87. The highest BCUT2D eigenvalue weighted by Gasteiger charge is 2.06. The van der Waals surface area contributed by atoms with Crippen molar-refractivity contribution in [2.24, 2.45) is 0 Å². The van der Waals surface area contributed by atoms with Gasteiger partial charge in [-0.25, -0.2) is 4.98 Å². The predicted octanol–water partition coefficient (Wildman–Crippen LogP) is 4.58. The van der Waals surface area contributed by atoms with Gasteiger partial charge in [-0.05, 0) is 23.8 Å². The third-order valence-electron chi connectivity index (χ3n) is 2.21. The summed E-state index contributed by atoms with van der Waals surface area (Å²) in [5.41, 5.74) is 1.93. The van der Waals surface area contributed by atoms with Crippen LogP contribution in [-0.4, -0.2) is 4.98 Å². The Labute approximate surface area is 113 Å². The Kier molecular flexibility index (Phi) is 3.54. The second-order valence-corrected chi connectivity index (χ2v) is 4.48. The van der Waals surface area contributed by atoms with Gasteiger partial charge in [0.05, 0.1) is 15.6 Å². The Balaban J connectivity index is 2.54. The molecule has 2 nitrogen and oxygen atoms in total. The highest BCUT2D eigenvalue weighted by molar-refractivity contribution is 6.42. The van der Waals surface area contributed by atoms with E-state index in [0.717, 1.165) is 11.1 Å². The van der Waals surface area contributed by atoms with Crippen LogP contribution in [0.4, 0.5) is 0 Å². The molecule has 0 aliphatic rings. The van der Waals surface area contributed by atoms with Crippen LogP contribution >= 0.6 is 34.8 Å². The lowest BCUT2D eigenvalue weighted by Gasteiger charge is -2.04. The fraction of sp³-hybridized carbons (Fsp3) is 0. The van der Waals surface area contributed by atoms with Crippen molar-refractivity contribution in [2.75, 3.05) is 0 Å². The molecule has 0 atom stereocenters. The van der Waals surface area contributed by atoms with Crippen molar-refractivity contribution in [3.05, 3.63) is 51.2 Å². The van der Waals surface area contributed by atoms with E-state index in [0.29, 0.717) is 15.6 Å². The van der Waals surface area contributed by atoms with Crippen LogP contribution < -0.4 is 0 Å². The average Bonchev–Trinajstić information content (AvgIpc) is 2.33. The molecule has 2 aromatic rings. The molecule has 0 fully saturated rings. The molecule has 0 saturated heterocycles. The fourth-order valence-corrected chi connectivity index (χ4v) is 1.80. The van der Waals surface area contributed by atoms with E-state index in [-0.39, 0.29) is 5.15 Å². The van der Waals surface area contributed by atoms with Crippen molar-refractivity contribution in [3.8, 4) is 17.2 Å². The maximum Gasteiger partial charge on any atom is 0.146 e. The van der Waals surface area contributed by atoms with Crippen LogP contribution in [0.2, 0.25) is 15.2 Å². The molecule has 0 radical (unpaired) electrons. The van der Waals surface area contributed by atoms with Gasteiger partial charge in [0.15, 0.2) is 0 Å². The van der Waals surface area contributed by atoms with Gasteiger partial charge in [-0.1, -0.05) is 40.9 Å². The van der Waals surface area contributed by atoms with Crippen LogP contribution in [0, 0.1) is 11.3 Å². The molecule has 5 heteroatoms. The zero-order valence-electron chi connectivity index (χ0n) is 8.42. The molecule has 0 aliphatic heterocycles. The summed E-state index contributed by atoms with van der Waals surface area (Å²) < 4.78 is 0. The molecular weight excluding hydrogens is 279 g/mol. The molecule has 0 unspecified atom stereocenters. The van der Waals surface area contributed by atoms with Gasteiger partial charge < -0.3 is 0 Å². The second kappa shape index (κ2) is 4.93. The van der Waals surface area contributed by atoms with Crippen LogP contribution in [0.15, 0.2) is 30.5 Å². The van der Waals surface area contributed by atoms with Crippen LogP contribution in [0.25, 0.3) is 11.1 Å². The normalized spacial score (nSPS) is 10.0. The van der Waals surface area contributed by atoms with E-state index >= 15 is 0 Å². The van der Waals surface area contributed by atoms with Gasteiger partial charge >= 0.3 is 0 Å². The molecule has 0 spiro atoms. The average molecular weight is 284 g/mol.